The molecular formula is C13H18N2O. The Kier molecular flexibility index (Phi) is 4.73. The van der Waals surface area contributed by atoms with E-state index in [2.05, 4.69) is 17.2 Å². The third kappa shape index (κ3) is 4.75. The molecule has 0 heterocycles. The second-order valence-electron chi connectivity index (χ2n) is 3.97. The Morgan fingerprint density at radius 3 is 2.44 bits per heavy atom. The molecule has 3 nitrogen and oxygen atoms in total. The summed E-state index contributed by atoms with van der Waals surface area (Å²) in [6.45, 7) is 8.66. The Balaban J connectivity index is 2.34. The minimum Gasteiger partial charge on any atom is -0.325 e. The van der Waals surface area contributed by atoms with Gasteiger partial charge in [0, 0.05) is 12.2 Å². The smallest absolute Gasteiger partial charge is 0.238 e. The molecule has 0 aromatic heterocycles. The number of anilines is 1. The van der Waals surface area contributed by atoms with E-state index in [1.54, 1.807) is 0 Å². The molecule has 0 radical (unpaired) electrons. The summed E-state index contributed by atoms with van der Waals surface area (Å²) >= 11 is 0. The molecule has 2 N–H and O–H groups in total. The van der Waals surface area contributed by atoms with Crippen molar-refractivity contribution in [3.63, 3.8) is 0 Å². The van der Waals surface area contributed by atoms with E-state index in [0.717, 1.165) is 11.3 Å². The van der Waals surface area contributed by atoms with E-state index in [4.69, 9.17) is 0 Å². The summed E-state index contributed by atoms with van der Waals surface area (Å²) in [4.78, 5) is 11.5. The number of aryl methyl sites for hydroxylation is 1. The monoisotopic (exact) mass is 218 g/mol. The van der Waals surface area contributed by atoms with Crippen molar-refractivity contribution >= 4 is 11.6 Å². The average molecular weight is 218 g/mol. The molecule has 1 aromatic rings. The van der Waals surface area contributed by atoms with Gasteiger partial charge in [0.25, 0.3) is 0 Å². The van der Waals surface area contributed by atoms with Crippen LogP contribution in [0.25, 0.3) is 0 Å². The summed E-state index contributed by atoms with van der Waals surface area (Å²) < 4.78 is 0. The highest BCUT2D eigenvalue weighted by molar-refractivity contribution is 5.92. The fourth-order valence-corrected chi connectivity index (χ4v) is 1.23. The molecule has 0 spiro atoms. The Hall–Kier alpha value is -1.61. The van der Waals surface area contributed by atoms with Crippen molar-refractivity contribution in [3.8, 4) is 0 Å². The summed E-state index contributed by atoms with van der Waals surface area (Å²) in [5, 5.41) is 5.82. The van der Waals surface area contributed by atoms with Gasteiger partial charge in [0.1, 0.15) is 0 Å². The largest absolute Gasteiger partial charge is 0.325 e. The summed E-state index contributed by atoms with van der Waals surface area (Å²) in [6.07, 6.45) is 0. The van der Waals surface area contributed by atoms with Gasteiger partial charge in [-0.2, -0.15) is 0 Å². The molecule has 1 amide bonds. The lowest BCUT2D eigenvalue weighted by Crippen LogP contribution is -2.28. The molecule has 0 saturated carbocycles. The Labute approximate surface area is 96.6 Å². The second kappa shape index (κ2) is 6.08. The molecule has 0 bridgehead atoms. The topological polar surface area (TPSA) is 41.1 Å². The molecule has 0 aliphatic heterocycles. The highest BCUT2D eigenvalue weighted by atomic mass is 16.1. The predicted octanol–water partition coefficient (Wildman–Crippen LogP) is 2.10. The van der Waals surface area contributed by atoms with Crippen LogP contribution in [0.3, 0.4) is 0 Å². The van der Waals surface area contributed by atoms with Crippen molar-refractivity contribution in [3.05, 3.63) is 42.0 Å². The lowest BCUT2D eigenvalue weighted by atomic mass is 10.2. The van der Waals surface area contributed by atoms with Crippen molar-refractivity contribution in [2.75, 3.05) is 18.4 Å². The molecule has 0 aliphatic carbocycles. The molecule has 0 aliphatic rings. The zero-order chi connectivity index (χ0) is 12.0. The average Bonchev–Trinajstić information content (AvgIpc) is 2.21. The predicted molar refractivity (Wildman–Crippen MR) is 67.5 cm³/mol. The molecule has 1 rings (SSSR count). The quantitative estimate of drug-likeness (QED) is 0.743. The molecule has 0 atom stereocenters. The summed E-state index contributed by atoms with van der Waals surface area (Å²) in [5.74, 6) is -0.0369. The SMILES string of the molecule is C=C(C)CNCC(=O)Nc1ccc(C)cc1. The third-order valence-corrected chi connectivity index (χ3v) is 2.05. The van der Waals surface area contributed by atoms with E-state index < -0.39 is 0 Å². The van der Waals surface area contributed by atoms with Gasteiger partial charge >= 0.3 is 0 Å². The molecule has 16 heavy (non-hydrogen) atoms. The number of hydrogen-bond donors (Lipinski definition) is 2. The maximum Gasteiger partial charge on any atom is 0.238 e. The Morgan fingerprint density at radius 2 is 1.88 bits per heavy atom. The molecule has 0 saturated heterocycles. The van der Waals surface area contributed by atoms with Crippen molar-refractivity contribution in [2.24, 2.45) is 0 Å². The minimum atomic E-state index is -0.0369. The van der Waals surface area contributed by atoms with Gasteiger partial charge in [-0.1, -0.05) is 29.8 Å². The van der Waals surface area contributed by atoms with Gasteiger partial charge in [0.05, 0.1) is 6.54 Å². The number of nitrogens with one attached hydrogen (secondary N) is 2. The van der Waals surface area contributed by atoms with Crippen LogP contribution in [0.4, 0.5) is 5.69 Å². The van der Waals surface area contributed by atoms with Crippen LogP contribution < -0.4 is 10.6 Å². The number of carbonyl (C=O) groups excluding carboxylic acids is 1. The maximum absolute atomic E-state index is 11.5. The zero-order valence-corrected chi connectivity index (χ0v) is 9.84. The van der Waals surface area contributed by atoms with Gasteiger partial charge in [-0.3, -0.25) is 4.79 Å². The number of benzene rings is 1. The molecule has 0 unspecified atom stereocenters. The summed E-state index contributed by atoms with van der Waals surface area (Å²) in [7, 11) is 0. The lowest BCUT2D eigenvalue weighted by Gasteiger charge is -2.06. The Bertz CT molecular complexity index is 368. The van der Waals surface area contributed by atoms with E-state index in [9.17, 15) is 4.79 Å². The molecule has 86 valence electrons. The van der Waals surface area contributed by atoms with Gasteiger partial charge in [0.2, 0.25) is 5.91 Å². The van der Waals surface area contributed by atoms with Crippen molar-refractivity contribution in [1.82, 2.24) is 5.32 Å². The minimum absolute atomic E-state index is 0.0369. The normalized spacial score (nSPS) is 9.88. The fraction of sp³-hybridized carbons (Fsp3) is 0.308. The Morgan fingerprint density at radius 1 is 1.25 bits per heavy atom. The first-order valence-corrected chi connectivity index (χ1v) is 5.29. The highest BCUT2D eigenvalue weighted by Crippen LogP contribution is 2.07. The van der Waals surface area contributed by atoms with Gasteiger partial charge in [-0.05, 0) is 26.0 Å². The third-order valence-electron chi connectivity index (χ3n) is 2.05. The second-order valence-corrected chi connectivity index (χ2v) is 3.97. The van der Waals surface area contributed by atoms with Gasteiger partial charge in [0.15, 0.2) is 0 Å². The first-order chi connectivity index (χ1) is 7.58. The van der Waals surface area contributed by atoms with Crippen LogP contribution in [0.15, 0.2) is 36.4 Å². The van der Waals surface area contributed by atoms with Crippen molar-refractivity contribution in [1.29, 1.82) is 0 Å². The van der Waals surface area contributed by atoms with Crippen LogP contribution >= 0.6 is 0 Å². The van der Waals surface area contributed by atoms with Gasteiger partial charge in [-0.15, -0.1) is 0 Å². The van der Waals surface area contributed by atoms with Gasteiger partial charge in [-0.25, -0.2) is 0 Å². The number of carbonyl (C=O) groups is 1. The zero-order valence-electron chi connectivity index (χ0n) is 9.84. The first kappa shape index (κ1) is 12.5. The number of rotatable bonds is 5. The standard InChI is InChI=1S/C13H18N2O/c1-10(2)8-14-9-13(16)15-12-6-4-11(3)5-7-12/h4-7,14H,1,8-9H2,2-3H3,(H,15,16). The lowest BCUT2D eigenvalue weighted by molar-refractivity contribution is -0.115. The van der Waals surface area contributed by atoms with Crippen LogP contribution in [0.5, 0.6) is 0 Å². The van der Waals surface area contributed by atoms with E-state index in [-0.39, 0.29) is 5.91 Å². The number of hydrogen-bond acceptors (Lipinski definition) is 2. The van der Waals surface area contributed by atoms with Crippen molar-refractivity contribution < 1.29 is 4.79 Å². The van der Waals surface area contributed by atoms with Crippen LogP contribution in [0, 0.1) is 6.92 Å². The van der Waals surface area contributed by atoms with Crippen LogP contribution in [0.1, 0.15) is 12.5 Å². The molecule has 0 fully saturated rings. The van der Waals surface area contributed by atoms with E-state index in [1.807, 2.05) is 38.1 Å². The van der Waals surface area contributed by atoms with Crippen molar-refractivity contribution in [2.45, 2.75) is 13.8 Å². The molecular weight excluding hydrogens is 200 g/mol. The molecule has 3 heteroatoms. The summed E-state index contributed by atoms with van der Waals surface area (Å²) in [6, 6.07) is 7.73. The molecule has 1 aromatic carbocycles. The number of amides is 1. The fourth-order valence-electron chi connectivity index (χ4n) is 1.23. The van der Waals surface area contributed by atoms with Crippen LogP contribution in [-0.2, 0) is 4.79 Å². The van der Waals surface area contributed by atoms with Crippen LogP contribution in [-0.4, -0.2) is 19.0 Å². The summed E-state index contributed by atoms with van der Waals surface area (Å²) in [5.41, 5.74) is 3.02. The van der Waals surface area contributed by atoms with Crippen LogP contribution in [0.2, 0.25) is 0 Å². The first-order valence-electron chi connectivity index (χ1n) is 5.29. The van der Waals surface area contributed by atoms with E-state index in [0.29, 0.717) is 13.1 Å². The van der Waals surface area contributed by atoms with Gasteiger partial charge < -0.3 is 10.6 Å². The maximum atomic E-state index is 11.5. The van der Waals surface area contributed by atoms with E-state index >= 15 is 0 Å². The highest BCUT2D eigenvalue weighted by Gasteiger charge is 2.00. The van der Waals surface area contributed by atoms with E-state index in [1.165, 1.54) is 5.56 Å².